The SMILES string of the molecule is NC(N)=NCCCC(N)C(=O)O.O=P([O-])([O-])[O-].O=P([O-])([O-])[O-].OCC(O)CO.[Ca+2].[Ca+2].[Ca+2]. The van der Waals surface area contributed by atoms with Crippen molar-refractivity contribution < 1.29 is 63.7 Å². The Labute approximate surface area is 267 Å². The van der Waals surface area contributed by atoms with E-state index in [1.165, 1.54) is 0 Å². The number of aliphatic carboxylic acids is 1. The number of hydrogen-bond donors (Lipinski definition) is 7. The van der Waals surface area contributed by atoms with Crippen molar-refractivity contribution >= 4 is 141 Å². The summed E-state index contributed by atoms with van der Waals surface area (Å²) in [6, 6.07) is -0.820. The molecule has 0 amide bonds. The summed E-state index contributed by atoms with van der Waals surface area (Å²) < 4.78 is 17.1. The molecule has 17 nitrogen and oxygen atoms in total. The number of rotatable bonds is 7. The van der Waals surface area contributed by atoms with Gasteiger partial charge in [0.25, 0.3) is 0 Å². The number of carboxylic acid groups (broad SMARTS) is 1. The number of hydrogen-bond acceptors (Lipinski definition) is 14. The molecular weight excluding hydrogens is 554 g/mol. The monoisotopic (exact) mass is 576 g/mol. The van der Waals surface area contributed by atoms with Gasteiger partial charge in [0, 0.05) is 6.54 Å². The molecule has 0 aromatic carbocycles. The van der Waals surface area contributed by atoms with Crippen LogP contribution in [0.3, 0.4) is 0 Å². The molecule has 0 saturated heterocycles. The Morgan fingerprint density at radius 3 is 1.35 bits per heavy atom. The Morgan fingerprint density at radius 1 is 0.903 bits per heavy atom. The van der Waals surface area contributed by atoms with Gasteiger partial charge in [0.1, 0.15) is 12.1 Å². The first kappa shape index (κ1) is 50.5. The van der Waals surface area contributed by atoms with Crippen molar-refractivity contribution in [2.45, 2.75) is 25.0 Å². The fourth-order valence-corrected chi connectivity index (χ4v) is 0.701. The Morgan fingerprint density at radius 2 is 1.19 bits per heavy atom. The van der Waals surface area contributed by atoms with Crippen LogP contribution in [0.4, 0.5) is 0 Å². The number of phosphoric acid groups is 2. The van der Waals surface area contributed by atoms with E-state index in [4.69, 9.17) is 76.1 Å². The van der Waals surface area contributed by atoms with Crippen LogP contribution in [0.1, 0.15) is 12.8 Å². The number of nitrogens with zero attached hydrogens (tertiary/aromatic N) is 1. The molecule has 0 spiro atoms. The average molecular weight is 576 g/mol. The fraction of sp³-hybridized carbons (Fsp3) is 0.778. The normalized spacial score (nSPS) is 10.4. The Hall–Kier alpha value is 2.58. The molecule has 172 valence electrons. The summed E-state index contributed by atoms with van der Waals surface area (Å²) >= 11 is 0. The smallest absolute Gasteiger partial charge is 0.822 e. The van der Waals surface area contributed by atoms with Gasteiger partial charge in [-0.2, -0.15) is 15.6 Å². The zero-order valence-corrected chi connectivity index (χ0v) is 24.8. The van der Waals surface area contributed by atoms with Crippen LogP contribution >= 0.6 is 15.6 Å². The molecule has 0 aromatic rings. The van der Waals surface area contributed by atoms with Gasteiger partial charge < -0.3 is 76.1 Å². The number of nitrogens with two attached hydrogens (primary N) is 3. The third kappa shape index (κ3) is 98.6. The molecule has 22 heteroatoms. The molecule has 0 aliphatic heterocycles. The van der Waals surface area contributed by atoms with Crippen LogP contribution in [0.2, 0.25) is 0 Å². The van der Waals surface area contributed by atoms with Gasteiger partial charge in [-0.1, -0.05) is 0 Å². The summed E-state index contributed by atoms with van der Waals surface area (Å²) in [5, 5.41) is 32.4. The second-order valence-electron chi connectivity index (χ2n) is 4.31. The van der Waals surface area contributed by atoms with E-state index < -0.39 is 33.8 Å². The minimum absolute atomic E-state index is 0. The van der Waals surface area contributed by atoms with E-state index in [2.05, 4.69) is 4.99 Å². The minimum Gasteiger partial charge on any atom is -0.822 e. The van der Waals surface area contributed by atoms with Gasteiger partial charge in [-0.25, -0.2) is 0 Å². The quantitative estimate of drug-likeness (QED) is 0.0486. The predicted octanol–water partition coefficient (Wildman–Crippen LogP) is -10.0. The van der Waals surface area contributed by atoms with Crippen molar-refractivity contribution in [1.82, 2.24) is 0 Å². The molecule has 0 aliphatic rings. The predicted molar refractivity (Wildman–Crippen MR) is 98.2 cm³/mol. The molecule has 1 atom stereocenters. The van der Waals surface area contributed by atoms with Crippen LogP contribution in [0.25, 0.3) is 0 Å². The van der Waals surface area contributed by atoms with Crippen LogP contribution in [-0.2, 0) is 13.9 Å². The van der Waals surface area contributed by atoms with Crippen molar-refractivity contribution in [3.8, 4) is 0 Å². The number of carboxylic acids is 1. The van der Waals surface area contributed by atoms with E-state index in [-0.39, 0.29) is 132 Å². The van der Waals surface area contributed by atoms with Crippen LogP contribution in [0.15, 0.2) is 4.99 Å². The molecule has 0 radical (unpaired) electrons. The third-order valence-corrected chi connectivity index (χ3v) is 1.71. The summed E-state index contributed by atoms with van der Waals surface area (Å²) in [6.07, 6.45) is 0.00213. The first-order valence-electron chi connectivity index (χ1n) is 6.74. The van der Waals surface area contributed by atoms with Crippen molar-refractivity contribution in [2.24, 2.45) is 22.2 Å². The molecule has 0 aromatic heterocycles. The van der Waals surface area contributed by atoms with Crippen LogP contribution in [0, 0.1) is 0 Å². The zero-order valence-electron chi connectivity index (χ0n) is 16.3. The maximum Gasteiger partial charge on any atom is 2.00 e. The van der Waals surface area contributed by atoms with Crippen molar-refractivity contribution in [3.63, 3.8) is 0 Å². The van der Waals surface area contributed by atoms with Gasteiger partial charge in [0.05, 0.1) is 13.2 Å². The first-order valence-corrected chi connectivity index (χ1v) is 9.66. The van der Waals surface area contributed by atoms with Crippen LogP contribution in [0.5, 0.6) is 0 Å². The standard InChI is InChI=1S/C6H14N4O2.C3H8O3.3Ca.2H3O4P/c7-4(5(11)12)2-1-3-10-6(8)9;4-1-3(6)2-5;;;;2*1-5(2,3)4/h4H,1-3,7H2,(H,11,12)(H4,8,9,10);3-6H,1-2H2;;;;2*(H3,1,2,3,4)/q;;3*+2;;/p-6. The van der Waals surface area contributed by atoms with Gasteiger partial charge >= 0.3 is 119 Å². The summed E-state index contributed by atoms with van der Waals surface area (Å²) in [6.45, 7) is -0.309. The maximum atomic E-state index is 10.2. The molecule has 1 unspecified atom stereocenters. The van der Waals surface area contributed by atoms with E-state index in [1.54, 1.807) is 0 Å². The molecule has 10 N–H and O–H groups in total. The summed E-state index contributed by atoms with van der Waals surface area (Å²) in [4.78, 5) is 65.2. The maximum absolute atomic E-state index is 10.2. The van der Waals surface area contributed by atoms with Gasteiger partial charge in [-0.05, 0) is 12.8 Å². The van der Waals surface area contributed by atoms with E-state index in [0.717, 1.165) is 0 Å². The number of aliphatic imine (C=N–C) groups is 1. The van der Waals surface area contributed by atoms with E-state index >= 15 is 0 Å². The molecular formula is C9H22Ca3N4O13P2. The molecule has 0 bridgehead atoms. The number of carbonyl (C=O) groups is 1. The van der Waals surface area contributed by atoms with Crippen molar-refractivity contribution in [1.29, 1.82) is 0 Å². The van der Waals surface area contributed by atoms with Crippen molar-refractivity contribution in [3.05, 3.63) is 0 Å². The van der Waals surface area contributed by atoms with Crippen LogP contribution < -0.4 is 46.6 Å². The second-order valence-corrected chi connectivity index (χ2v) is 6.10. The number of aliphatic hydroxyl groups is 3. The molecule has 0 fully saturated rings. The second kappa shape index (κ2) is 30.6. The van der Waals surface area contributed by atoms with Gasteiger partial charge in [-0.3, -0.25) is 9.79 Å². The first-order chi connectivity index (χ1) is 12.3. The summed E-state index contributed by atoms with van der Waals surface area (Å²) in [5.74, 6) is -0.987. The average Bonchev–Trinajstić information content (AvgIpc) is 2.47. The Kier molecular flexibility index (Phi) is 49.8. The Balaban J connectivity index is -0.0000000522. The van der Waals surface area contributed by atoms with E-state index in [9.17, 15) is 4.79 Å². The van der Waals surface area contributed by atoms with Gasteiger partial charge in [-0.15, -0.1) is 0 Å². The fourth-order valence-electron chi connectivity index (χ4n) is 0.701. The number of guanidine groups is 1. The molecule has 0 heterocycles. The number of aliphatic hydroxyl groups excluding tert-OH is 3. The van der Waals surface area contributed by atoms with E-state index in [0.29, 0.717) is 19.4 Å². The molecule has 0 rings (SSSR count). The molecule has 31 heavy (non-hydrogen) atoms. The topological polar surface area (TPSA) is 361 Å². The minimum atomic E-state index is -5.39. The third-order valence-electron chi connectivity index (χ3n) is 1.71. The van der Waals surface area contributed by atoms with Crippen molar-refractivity contribution in [2.75, 3.05) is 19.8 Å². The zero-order chi connectivity index (χ0) is 23.6. The van der Waals surface area contributed by atoms with Gasteiger partial charge in [0.2, 0.25) is 0 Å². The molecule has 0 saturated carbocycles. The van der Waals surface area contributed by atoms with E-state index in [1.807, 2.05) is 0 Å². The van der Waals surface area contributed by atoms with Gasteiger partial charge in [0.15, 0.2) is 5.96 Å². The summed E-state index contributed by atoms with van der Waals surface area (Å²) in [5.41, 5.74) is 15.3. The Bertz CT molecular complexity index is 478. The molecule has 0 aliphatic carbocycles. The largest absolute Gasteiger partial charge is 2.00 e. The summed E-state index contributed by atoms with van der Waals surface area (Å²) in [7, 11) is -10.8. The van der Waals surface area contributed by atoms with Crippen LogP contribution in [-0.4, -0.2) is 177 Å².